The molecule has 7 heteroatoms. The van der Waals surface area contributed by atoms with Crippen LogP contribution < -0.4 is 10.6 Å². The van der Waals surface area contributed by atoms with Gasteiger partial charge in [0.25, 0.3) is 0 Å². The highest BCUT2D eigenvalue weighted by Gasteiger charge is 2.37. The van der Waals surface area contributed by atoms with E-state index in [4.69, 9.17) is 10.2 Å². The molecule has 0 aromatic heterocycles. The first kappa shape index (κ1) is 13.3. The largest absolute Gasteiger partial charge is 0.481 e. The molecule has 1 aliphatic carbocycles. The maximum absolute atomic E-state index is 11.3. The third-order valence-electron chi connectivity index (χ3n) is 2.76. The van der Waals surface area contributed by atoms with Gasteiger partial charge in [-0.15, -0.1) is 0 Å². The van der Waals surface area contributed by atoms with Crippen molar-refractivity contribution in [2.75, 3.05) is 6.54 Å². The van der Waals surface area contributed by atoms with Crippen LogP contribution in [0.4, 0.5) is 4.79 Å². The molecule has 2 amide bonds. The third kappa shape index (κ3) is 4.71. The highest BCUT2D eigenvalue weighted by Crippen LogP contribution is 2.43. The predicted molar refractivity (Wildman–Crippen MR) is 57.6 cm³/mol. The second kappa shape index (κ2) is 5.03. The number of carboxylic acid groups (broad SMARTS) is 2. The Hall–Kier alpha value is -1.79. The van der Waals surface area contributed by atoms with Crippen molar-refractivity contribution in [2.45, 2.75) is 32.2 Å². The van der Waals surface area contributed by atoms with Crippen molar-refractivity contribution >= 4 is 18.0 Å². The number of carbonyl (C=O) groups excluding carboxylic acids is 1. The first-order chi connectivity index (χ1) is 7.82. The van der Waals surface area contributed by atoms with E-state index in [0.717, 1.165) is 12.8 Å². The summed E-state index contributed by atoms with van der Waals surface area (Å²) in [6, 6.07) is -2.05. The van der Waals surface area contributed by atoms with Crippen LogP contribution in [0.3, 0.4) is 0 Å². The summed E-state index contributed by atoms with van der Waals surface area (Å²) in [6.45, 7) is 2.48. The van der Waals surface area contributed by atoms with E-state index in [1.54, 1.807) is 0 Å². The summed E-state index contributed by atoms with van der Waals surface area (Å²) in [5.41, 5.74) is 0.114. The van der Waals surface area contributed by atoms with E-state index >= 15 is 0 Å². The molecule has 0 bridgehead atoms. The number of carboxylic acids is 2. The first-order valence-corrected chi connectivity index (χ1v) is 5.31. The van der Waals surface area contributed by atoms with Crippen molar-refractivity contribution in [3.8, 4) is 0 Å². The standard InChI is InChI=1S/C10H16N2O5/c1-10(2-3-10)5-11-9(17)12-6(8(15)16)4-7(13)14/h6H,2-5H2,1H3,(H,13,14)(H,15,16)(H2,11,12,17). The van der Waals surface area contributed by atoms with E-state index in [-0.39, 0.29) is 5.41 Å². The smallest absolute Gasteiger partial charge is 0.326 e. The Kier molecular flexibility index (Phi) is 3.93. The number of amides is 2. The molecule has 1 atom stereocenters. The van der Waals surface area contributed by atoms with E-state index in [1.165, 1.54) is 0 Å². The number of aliphatic carboxylic acids is 2. The zero-order chi connectivity index (χ0) is 13.1. The molecule has 17 heavy (non-hydrogen) atoms. The fourth-order valence-corrected chi connectivity index (χ4v) is 1.27. The highest BCUT2D eigenvalue weighted by molar-refractivity contribution is 5.86. The molecule has 7 nitrogen and oxygen atoms in total. The molecule has 4 N–H and O–H groups in total. The van der Waals surface area contributed by atoms with Crippen LogP contribution in [0.15, 0.2) is 0 Å². The van der Waals surface area contributed by atoms with Crippen LogP contribution in [0.1, 0.15) is 26.2 Å². The molecule has 1 aliphatic rings. The van der Waals surface area contributed by atoms with Gasteiger partial charge in [-0.3, -0.25) is 4.79 Å². The molecule has 96 valence electrons. The molecule has 0 aliphatic heterocycles. The number of carbonyl (C=O) groups is 3. The predicted octanol–water partition coefficient (Wildman–Crippen LogP) is 0.0136. The molecule has 0 radical (unpaired) electrons. The normalized spacial score (nSPS) is 17.9. The Labute approximate surface area is 98.2 Å². The Morgan fingerprint density at radius 1 is 1.29 bits per heavy atom. The maximum Gasteiger partial charge on any atom is 0.326 e. The number of urea groups is 1. The van der Waals surface area contributed by atoms with Gasteiger partial charge in [-0.2, -0.15) is 0 Å². The van der Waals surface area contributed by atoms with Gasteiger partial charge in [0.15, 0.2) is 0 Å². The van der Waals surface area contributed by atoms with Crippen molar-refractivity contribution in [1.82, 2.24) is 10.6 Å². The van der Waals surface area contributed by atoms with Gasteiger partial charge >= 0.3 is 18.0 Å². The van der Waals surface area contributed by atoms with Crippen LogP contribution in [-0.2, 0) is 9.59 Å². The Morgan fingerprint density at radius 2 is 1.88 bits per heavy atom. The van der Waals surface area contributed by atoms with Crippen molar-refractivity contribution < 1.29 is 24.6 Å². The van der Waals surface area contributed by atoms with Crippen molar-refractivity contribution in [1.29, 1.82) is 0 Å². The lowest BCUT2D eigenvalue weighted by Crippen LogP contribution is -2.47. The summed E-state index contributed by atoms with van der Waals surface area (Å²) in [6.07, 6.45) is 1.43. The molecule has 1 rings (SSSR count). The zero-order valence-electron chi connectivity index (χ0n) is 9.52. The highest BCUT2D eigenvalue weighted by atomic mass is 16.4. The van der Waals surface area contributed by atoms with E-state index in [1.807, 2.05) is 6.92 Å². The number of hydrogen-bond donors (Lipinski definition) is 4. The number of rotatable bonds is 6. The average Bonchev–Trinajstić information content (AvgIpc) is 2.93. The number of nitrogens with one attached hydrogen (secondary N) is 2. The van der Waals surface area contributed by atoms with E-state index in [9.17, 15) is 14.4 Å². The molecular weight excluding hydrogens is 228 g/mol. The van der Waals surface area contributed by atoms with Gasteiger partial charge in [-0.05, 0) is 18.3 Å². The Morgan fingerprint density at radius 3 is 2.29 bits per heavy atom. The molecule has 0 saturated heterocycles. The summed E-state index contributed by atoms with van der Waals surface area (Å²) in [4.78, 5) is 32.4. The van der Waals surface area contributed by atoms with Crippen LogP contribution in [0, 0.1) is 5.41 Å². The maximum atomic E-state index is 11.3. The van der Waals surface area contributed by atoms with E-state index < -0.39 is 30.4 Å². The van der Waals surface area contributed by atoms with E-state index in [0.29, 0.717) is 6.54 Å². The van der Waals surface area contributed by atoms with Gasteiger partial charge in [0.05, 0.1) is 6.42 Å². The quantitative estimate of drug-likeness (QED) is 0.525. The Bertz CT molecular complexity index is 338. The monoisotopic (exact) mass is 244 g/mol. The fraction of sp³-hybridized carbons (Fsp3) is 0.700. The Balaban J connectivity index is 2.35. The van der Waals surface area contributed by atoms with E-state index in [2.05, 4.69) is 10.6 Å². The minimum atomic E-state index is -1.40. The number of hydrogen-bond acceptors (Lipinski definition) is 3. The van der Waals surface area contributed by atoms with Crippen molar-refractivity contribution in [3.05, 3.63) is 0 Å². The SMILES string of the molecule is CC1(CNC(=O)NC(CC(=O)O)C(=O)O)CC1. The average molecular weight is 244 g/mol. The van der Waals surface area contributed by atoms with Crippen LogP contribution in [-0.4, -0.2) is 40.8 Å². The minimum absolute atomic E-state index is 0.114. The summed E-state index contributed by atoms with van der Waals surface area (Å²) < 4.78 is 0. The minimum Gasteiger partial charge on any atom is -0.481 e. The van der Waals surface area contributed by atoms with Crippen LogP contribution >= 0.6 is 0 Å². The zero-order valence-corrected chi connectivity index (χ0v) is 9.52. The van der Waals surface area contributed by atoms with Gasteiger partial charge in [-0.1, -0.05) is 6.92 Å². The third-order valence-corrected chi connectivity index (χ3v) is 2.76. The summed E-state index contributed by atoms with van der Waals surface area (Å²) >= 11 is 0. The first-order valence-electron chi connectivity index (χ1n) is 5.31. The molecule has 1 saturated carbocycles. The summed E-state index contributed by atoms with van der Waals surface area (Å²) in [7, 11) is 0. The second-order valence-corrected chi connectivity index (χ2v) is 4.63. The molecule has 1 fully saturated rings. The fourth-order valence-electron chi connectivity index (χ4n) is 1.27. The van der Waals surface area contributed by atoms with Crippen LogP contribution in [0.25, 0.3) is 0 Å². The topological polar surface area (TPSA) is 116 Å². The molecule has 0 spiro atoms. The lowest BCUT2D eigenvalue weighted by atomic mass is 10.1. The van der Waals surface area contributed by atoms with Gasteiger partial charge in [-0.25, -0.2) is 9.59 Å². The lowest BCUT2D eigenvalue weighted by molar-refractivity contribution is -0.145. The molecule has 0 aromatic carbocycles. The summed E-state index contributed by atoms with van der Waals surface area (Å²) in [5, 5.41) is 21.8. The molecule has 0 aromatic rings. The van der Waals surface area contributed by atoms with Crippen LogP contribution in [0.5, 0.6) is 0 Å². The van der Waals surface area contributed by atoms with Gasteiger partial charge in [0.2, 0.25) is 0 Å². The summed E-state index contributed by atoms with van der Waals surface area (Å²) in [5.74, 6) is -2.63. The van der Waals surface area contributed by atoms with Crippen molar-refractivity contribution in [3.63, 3.8) is 0 Å². The van der Waals surface area contributed by atoms with Gasteiger partial charge in [0, 0.05) is 6.54 Å². The second-order valence-electron chi connectivity index (χ2n) is 4.63. The molecule has 0 heterocycles. The van der Waals surface area contributed by atoms with Crippen LogP contribution in [0.2, 0.25) is 0 Å². The lowest BCUT2D eigenvalue weighted by Gasteiger charge is -2.15. The van der Waals surface area contributed by atoms with Crippen molar-refractivity contribution in [2.24, 2.45) is 5.41 Å². The van der Waals surface area contributed by atoms with Gasteiger partial charge < -0.3 is 20.8 Å². The molecule has 1 unspecified atom stereocenters. The van der Waals surface area contributed by atoms with Gasteiger partial charge in [0.1, 0.15) is 6.04 Å². The molecular formula is C10H16N2O5.